The van der Waals surface area contributed by atoms with Gasteiger partial charge in [-0.15, -0.1) is 0 Å². The highest BCUT2D eigenvalue weighted by atomic mass is 16.2. The number of nitrogens with two attached hydrogens (primary N) is 1. The summed E-state index contributed by atoms with van der Waals surface area (Å²) in [7, 11) is 0. The molecule has 1 aliphatic heterocycles. The second-order valence-electron chi connectivity index (χ2n) is 5.18. The van der Waals surface area contributed by atoms with Crippen LogP contribution in [0.5, 0.6) is 0 Å². The maximum Gasteiger partial charge on any atom is 0.225 e. The summed E-state index contributed by atoms with van der Waals surface area (Å²) in [6, 6.07) is 6.02. The Kier molecular flexibility index (Phi) is 3.90. The molecule has 1 atom stereocenters. The van der Waals surface area contributed by atoms with Crippen LogP contribution in [0.4, 0.5) is 5.69 Å². The molecule has 0 aromatic heterocycles. The van der Waals surface area contributed by atoms with Gasteiger partial charge < -0.3 is 10.6 Å². The van der Waals surface area contributed by atoms with E-state index in [9.17, 15) is 4.79 Å². The predicted molar refractivity (Wildman–Crippen MR) is 74.0 cm³/mol. The van der Waals surface area contributed by atoms with Crippen LogP contribution in [0.15, 0.2) is 18.2 Å². The number of carbonyl (C=O) groups is 1. The fourth-order valence-electron chi connectivity index (χ4n) is 2.66. The van der Waals surface area contributed by atoms with Crippen LogP contribution in [0.3, 0.4) is 0 Å². The SMILES string of the molecule is CCCC(C)C(=O)N1CCc2cccc(N)c2C1. The lowest BCUT2D eigenvalue weighted by Crippen LogP contribution is -2.39. The third-order valence-electron chi connectivity index (χ3n) is 3.76. The molecule has 1 amide bonds. The minimum atomic E-state index is 0.126. The average molecular weight is 246 g/mol. The van der Waals surface area contributed by atoms with Crippen molar-refractivity contribution in [3.63, 3.8) is 0 Å². The fraction of sp³-hybridized carbons (Fsp3) is 0.533. The van der Waals surface area contributed by atoms with Crippen molar-refractivity contribution >= 4 is 11.6 Å². The first kappa shape index (κ1) is 12.9. The molecule has 1 aromatic rings. The van der Waals surface area contributed by atoms with Gasteiger partial charge in [0.05, 0.1) is 0 Å². The van der Waals surface area contributed by atoms with Gasteiger partial charge in [-0.3, -0.25) is 4.79 Å². The van der Waals surface area contributed by atoms with Gasteiger partial charge in [-0.05, 0) is 30.0 Å². The lowest BCUT2D eigenvalue weighted by molar-refractivity contribution is -0.136. The molecule has 2 N–H and O–H groups in total. The van der Waals surface area contributed by atoms with Crippen molar-refractivity contribution in [1.82, 2.24) is 4.90 Å². The number of benzene rings is 1. The number of hydrogen-bond acceptors (Lipinski definition) is 2. The van der Waals surface area contributed by atoms with Crippen molar-refractivity contribution < 1.29 is 4.79 Å². The highest BCUT2D eigenvalue weighted by Crippen LogP contribution is 2.25. The summed E-state index contributed by atoms with van der Waals surface area (Å²) in [5.41, 5.74) is 9.25. The maximum absolute atomic E-state index is 12.3. The largest absolute Gasteiger partial charge is 0.398 e. The number of anilines is 1. The Bertz CT molecular complexity index is 442. The van der Waals surface area contributed by atoms with Crippen LogP contribution in [0.1, 0.15) is 37.8 Å². The van der Waals surface area contributed by atoms with E-state index >= 15 is 0 Å². The van der Waals surface area contributed by atoms with Gasteiger partial charge in [-0.25, -0.2) is 0 Å². The zero-order valence-corrected chi connectivity index (χ0v) is 11.3. The van der Waals surface area contributed by atoms with Crippen molar-refractivity contribution in [3.05, 3.63) is 29.3 Å². The van der Waals surface area contributed by atoms with E-state index in [1.807, 2.05) is 24.0 Å². The van der Waals surface area contributed by atoms with E-state index in [-0.39, 0.29) is 11.8 Å². The number of amides is 1. The van der Waals surface area contributed by atoms with Crippen LogP contribution in [0.25, 0.3) is 0 Å². The summed E-state index contributed by atoms with van der Waals surface area (Å²) < 4.78 is 0. The number of rotatable bonds is 3. The molecule has 0 saturated heterocycles. The molecule has 1 heterocycles. The standard InChI is InChI=1S/C15H22N2O/c1-3-5-11(2)15(18)17-9-8-12-6-4-7-14(16)13(12)10-17/h4,6-7,11H,3,5,8-10,16H2,1-2H3. The number of carbonyl (C=O) groups excluding carboxylic acids is 1. The van der Waals surface area contributed by atoms with E-state index in [4.69, 9.17) is 5.73 Å². The fourth-order valence-corrected chi connectivity index (χ4v) is 2.66. The van der Waals surface area contributed by atoms with Gasteiger partial charge in [0.2, 0.25) is 5.91 Å². The minimum absolute atomic E-state index is 0.126. The van der Waals surface area contributed by atoms with Crippen molar-refractivity contribution in [3.8, 4) is 0 Å². The summed E-state index contributed by atoms with van der Waals surface area (Å²) in [6.45, 7) is 5.64. The summed E-state index contributed by atoms with van der Waals surface area (Å²) in [5, 5.41) is 0. The Labute approximate surface area is 109 Å². The van der Waals surface area contributed by atoms with Gasteiger partial charge in [0.15, 0.2) is 0 Å². The van der Waals surface area contributed by atoms with Crippen molar-refractivity contribution in [2.24, 2.45) is 5.92 Å². The molecular weight excluding hydrogens is 224 g/mol. The predicted octanol–water partition coefficient (Wildman–Crippen LogP) is 2.59. The minimum Gasteiger partial charge on any atom is -0.398 e. The first-order valence-electron chi connectivity index (χ1n) is 6.78. The van der Waals surface area contributed by atoms with Crippen molar-refractivity contribution in [2.75, 3.05) is 12.3 Å². The highest BCUT2D eigenvalue weighted by molar-refractivity contribution is 5.79. The Morgan fingerprint density at radius 1 is 1.50 bits per heavy atom. The summed E-state index contributed by atoms with van der Waals surface area (Å²) in [6.07, 6.45) is 2.94. The monoisotopic (exact) mass is 246 g/mol. The molecule has 0 saturated carbocycles. The number of nitrogen functional groups attached to an aromatic ring is 1. The molecule has 98 valence electrons. The molecule has 0 radical (unpaired) electrons. The van der Waals surface area contributed by atoms with Gasteiger partial charge in [0.25, 0.3) is 0 Å². The molecule has 0 fully saturated rings. The third-order valence-corrected chi connectivity index (χ3v) is 3.76. The number of nitrogens with zero attached hydrogens (tertiary/aromatic N) is 1. The second kappa shape index (κ2) is 5.42. The molecule has 3 nitrogen and oxygen atoms in total. The molecule has 0 aliphatic carbocycles. The topological polar surface area (TPSA) is 46.3 Å². The molecule has 1 aromatic carbocycles. The van der Waals surface area contributed by atoms with Gasteiger partial charge in [0, 0.05) is 24.7 Å². The van der Waals surface area contributed by atoms with Crippen LogP contribution in [-0.4, -0.2) is 17.4 Å². The summed E-state index contributed by atoms with van der Waals surface area (Å²) >= 11 is 0. The molecule has 1 aliphatic rings. The Morgan fingerprint density at radius 2 is 2.28 bits per heavy atom. The Balaban J connectivity index is 2.12. The van der Waals surface area contributed by atoms with E-state index in [1.165, 1.54) is 5.56 Å². The molecule has 0 bridgehead atoms. The second-order valence-corrected chi connectivity index (χ2v) is 5.18. The molecule has 1 unspecified atom stereocenters. The summed E-state index contributed by atoms with van der Waals surface area (Å²) in [4.78, 5) is 14.3. The third kappa shape index (κ3) is 2.50. The lowest BCUT2D eigenvalue weighted by Gasteiger charge is -2.31. The normalized spacial score (nSPS) is 16.2. The molecule has 3 heteroatoms. The van der Waals surface area contributed by atoms with Gasteiger partial charge in [0.1, 0.15) is 0 Å². The number of fused-ring (bicyclic) bond motifs is 1. The first-order chi connectivity index (χ1) is 8.63. The van der Waals surface area contributed by atoms with E-state index in [2.05, 4.69) is 13.0 Å². The van der Waals surface area contributed by atoms with Crippen LogP contribution >= 0.6 is 0 Å². The van der Waals surface area contributed by atoms with Crippen LogP contribution in [0.2, 0.25) is 0 Å². The molecule has 18 heavy (non-hydrogen) atoms. The zero-order chi connectivity index (χ0) is 13.1. The van der Waals surface area contributed by atoms with E-state index in [1.54, 1.807) is 0 Å². The summed E-state index contributed by atoms with van der Waals surface area (Å²) in [5.74, 6) is 0.396. The van der Waals surface area contributed by atoms with Gasteiger partial charge in [-0.1, -0.05) is 32.4 Å². The van der Waals surface area contributed by atoms with Crippen LogP contribution in [-0.2, 0) is 17.8 Å². The van der Waals surface area contributed by atoms with Gasteiger partial charge in [-0.2, -0.15) is 0 Å². The van der Waals surface area contributed by atoms with E-state index in [0.29, 0.717) is 6.54 Å². The Morgan fingerprint density at radius 3 is 3.00 bits per heavy atom. The molecule has 2 rings (SSSR count). The van der Waals surface area contributed by atoms with E-state index in [0.717, 1.165) is 37.1 Å². The smallest absolute Gasteiger partial charge is 0.225 e. The zero-order valence-electron chi connectivity index (χ0n) is 11.3. The molecular formula is C15H22N2O. The number of hydrogen-bond donors (Lipinski definition) is 1. The highest BCUT2D eigenvalue weighted by Gasteiger charge is 2.24. The Hall–Kier alpha value is -1.51. The van der Waals surface area contributed by atoms with E-state index < -0.39 is 0 Å². The molecule has 0 spiro atoms. The average Bonchev–Trinajstić information content (AvgIpc) is 2.38. The van der Waals surface area contributed by atoms with Crippen LogP contribution in [0, 0.1) is 5.92 Å². The van der Waals surface area contributed by atoms with Crippen LogP contribution < -0.4 is 5.73 Å². The van der Waals surface area contributed by atoms with Crippen molar-refractivity contribution in [2.45, 2.75) is 39.7 Å². The maximum atomic E-state index is 12.3. The quantitative estimate of drug-likeness (QED) is 0.833. The van der Waals surface area contributed by atoms with Crippen molar-refractivity contribution in [1.29, 1.82) is 0 Å². The lowest BCUT2D eigenvalue weighted by atomic mass is 9.96. The van der Waals surface area contributed by atoms with Gasteiger partial charge >= 0.3 is 0 Å². The first-order valence-corrected chi connectivity index (χ1v) is 6.78.